The number of likely N-dealkylation sites (tertiary alicyclic amines) is 1. The number of halogens is 1. The number of aromatic nitrogens is 5. The summed E-state index contributed by atoms with van der Waals surface area (Å²) in [5.74, 6) is -0.127. The summed E-state index contributed by atoms with van der Waals surface area (Å²) in [6.45, 7) is 3.00. The van der Waals surface area contributed by atoms with E-state index in [9.17, 15) is 9.18 Å². The van der Waals surface area contributed by atoms with Crippen LogP contribution in [0.15, 0.2) is 43.0 Å². The Balaban J connectivity index is 1.37. The van der Waals surface area contributed by atoms with Crippen molar-refractivity contribution >= 4 is 5.91 Å². The van der Waals surface area contributed by atoms with Crippen LogP contribution in [-0.2, 0) is 6.61 Å². The number of carbonyl (C=O) groups is 1. The second-order valence-electron chi connectivity index (χ2n) is 6.68. The van der Waals surface area contributed by atoms with Crippen molar-refractivity contribution in [3.05, 3.63) is 65.6 Å². The van der Waals surface area contributed by atoms with E-state index in [2.05, 4.69) is 20.3 Å². The molecular formula is C19H19FN6O2. The quantitative estimate of drug-likeness (QED) is 0.672. The van der Waals surface area contributed by atoms with Gasteiger partial charge in [-0.15, -0.1) is 5.10 Å². The number of rotatable bonds is 5. The smallest absolute Gasteiger partial charge is 0.254 e. The molecular weight excluding hydrogens is 363 g/mol. The van der Waals surface area contributed by atoms with E-state index in [1.165, 1.54) is 12.3 Å². The minimum Gasteiger partial charge on any atom is -0.470 e. The molecule has 3 aromatic rings. The number of hydrogen-bond acceptors (Lipinski definition) is 6. The van der Waals surface area contributed by atoms with Crippen LogP contribution < -0.4 is 4.74 Å². The molecule has 2 aromatic heterocycles. The normalized spacial score (nSPS) is 16.4. The average Bonchev–Trinajstić information content (AvgIpc) is 3.38. The molecule has 1 fully saturated rings. The molecule has 0 bridgehead atoms. The van der Waals surface area contributed by atoms with E-state index < -0.39 is 0 Å². The number of nitrogens with zero attached hydrogens (tertiary/aromatic N) is 6. The Morgan fingerprint density at radius 3 is 3.04 bits per heavy atom. The van der Waals surface area contributed by atoms with Crippen molar-refractivity contribution in [1.29, 1.82) is 0 Å². The molecule has 1 aliphatic rings. The lowest BCUT2D eigenvalue weighted by molar-refractivity contribution is 0.0786. The Bertz CT molecular complexity index is 978. The third-order valence-electron chi connectivity index (χ3n) is 4.71. The standard InChI is InChI=1S/C19H19FN6O2/c1-13-2-3-14(8-17(13)20)19(27)25-7-4-16(11-25)26-10-15(23-24-26)12-28-18-9-21-5-6-22-18/h2-3,5-6,8-10,16H,4,7,11-12H2,1H3. The number of hydrogen-bond donors (Lipinski definition) is 0. The van der Waals surface area contributed by atoms with Crippen molar-refractivity contribution < 1.29 is 13.9 Å². The molecule has 3 heterocycles. The summed E-state index contributed by atoms with van der Waals surface area (Å²) in [6.07, 6.45) is 7.21. The molecule has 1 unspecified atom stereocenters. The maximum Gasteiger partial charge on any atom is 0.254 e. The summed E-state index contributed by atoms with van der Waals surface area (Å²) in [4.78, 5) is 22.3. The van der Waals surface area contributed by atoms with E-state index >= 15 is 0 Å². The first kappa shape index (κ1) is 18.0. The van der Waals surface area contributed by atoms with Gasteiger partial charge in [-0.1, -0.05) is 11.3 Å². The number of carbonyl (C=O) groups excluding carboxylic acids is 1. The number of amides is 1. The Hall–Kier alpha value is -3.36. The van der Waals surface area contributed by atoms with E-state index in [-0.39, 0.29) is 24.4 Å². The summed E-state index contributed by atoms with van der Waals surface area (Å²) < 4.78 is 21.0. The molecule has 1 atom stereocenters. The third-order valence-corrected chi connectivity index (χ3v) is 4.71. The molecule has 0 N–H and O–H groups in total. The third kappa shape index (κ3) is 3.83. The highest BCUT2D eigenvalue weighted by Crippen LogP contribution is 2.23. The summed E-state index contributed by atoms with van der Waals surface area (Å²) in [5, 5.41) is 8.27. The maximum absolute atomic E-state index is 13.8. The first-order chi connectivity index (χ1) is 13.6. The molecule has 1 aromatic carbocycles. The van der Waals surface area contributed by atoms with Crippen LogP contribution >= 0.6 is 0 Å². The molecule has 4 rings (SSSR count). The van der Waals surface area contributed by atoms with Crippen LogP contribution in [0.1, 0.15) is 34.1 Å². The number of benzene rings is 1. The predicted octanol–water partition coefficient (Wildman–Crippen LogP) is 2.18. The van der Waals surface area contributed by atoms with Crippen LogP contribution in [0.5, 0.6) is 5.88 Å². The fourth-order valence-electron chi connectivity index (χ4n) is 3.12. The van der Waals surface area contributed by atoms with Crippen molar-refractivity contribution in [2.75, 3.05) is 13.1 Å². The molecule has 1 amide bonds. The lowest BCUT2D eigenvalue weighted by Gasteiger charge is -2.16. The lowest BCUT2D eigenvalue weighted by atomic mass is 10.1. The van der Waals surface area contributed by atoms with Gasteiger partial charge in [0.2, 0.25) is 5.88 Å². The molecule has 8 nitrogen and oxygen atoms in total. The van der Waals surface area contributed by atoms with Gasteiger partial charge in [0.1, 0.15) is 18.1 Å². The molecule has 1 aliphatic heterocycles. The largest absolute Gasteiger partial charge is 0.470 e. The minimum atomic E-state index is -0.370. The van der Waals surface area contributed by atoms with Crippen molar-refractivity contribution in [1.82, 2.24) is 29.9 Å². The molecule has 0 saturated carbocycles. The molecule has 9 heteroatoms. The van der Waals surface area contributed by atoms with Gasteiger partial charge in [-0.3, -0.25) is 9.78 Å². The summed E-state index contributed by atoms with van der Waals surface area (Å²) in [6, 6.07) is 4.60. The Morgan fingerprint density at radius 1 is 1.36 bits per heavy atom. The second-order valence-corrected chi connectivity index (χ2v) is 6.68. The molecule has 0 spiro atoms. The van der Waals surface area contributed by atoms with E-state index in [0.29, 0.717) is 35.8 Å². The summed E-state index contributed by atoms with van der Waals surface area (Å²) in [5.41, 5.74) is 1.55. The highest BCUT2D eigenvalue weighted by atomic mass is 19.1. The molecule has 0 radical (unpaired) electrons. The number of ether oxygens (including phenoxy) is 1. The number of aryl methyl sites for hydroxylation is 1. The van der Waals surface area contributed by atoms with Gasteiger partial charge in [0, 0.05) is 31.0 Å². The topological polar surface area (TPSA) is 86.0 Å². The van der Waals surface area contributed by atoms with Crippen LogP contribution in [0.4, 0.5) is 4.39 Å². The molecule has 144 valence electrons. The first-order valence-electron chi connectivity index (χ1n) is 8.95. The SMILES string of the molecule is Cc1ccc(C(=O)N2CCC(n3cc(COc4cnccn4)nn3)C2)cc1F. The van der Waals surface area contributed by atoms with Gasteiger partial charge < -0.3 is 9.64 Å². The van der Waals surface area contributed by atoms with Crippen LogP contribution in [0, 0.1) is 12.7 Å². The Labute approximate surface area is 161 Å². The first-order valence-corrected chi connectivity index (χ1v) is 8.95. The predicted molar refractivity (Wildman–Crippen MR) is 97.1 cm³/mol. The van der Waals surface area contributed by atoms with Crippen molar-refractivity contribution in [3.63, 3.8) is 0 Å². The van der Waals surface area contributed by atoms with Gasteiger partial charge >= 0.3 is 0 Å². The minimum absolute atomic E-state index is 0.0250. The fraction of sp³-hybridized carbons (Fsp3) is 0.316. The molecule has 28 heavy (non-hydrogen) atoms. The van der Waals surface area contributed by atoms with Crippen LogP contribution in [0.2, 0.25) is 0 Å². The molecule has 1 saturated heterocycles. The van der Waals surface area contributed by atoms with Crippen molar-refractivity contribution in [2.24, 2.45) is 0 Å². The zero-order valence-electron chi connectivity index (χ0n) is 15.3. The Kier molecular flexibility index (Phi) is 4.96. The van der Waals surface area contributed by atoms with Gasteiger partial charge in [0.15, 0.2) is 0 Å². The maximum atomic E-state index is 13.8. The van der Waals surface area contributed by atoms with Gasteiger partial charge in [0.05, 0.1) is 18.4 Å². The zero-order valence-corrected chi connectivity index (χ0v) is 15.3. The van der Waals surface area contributed by atoms with Gasteiger partial charge in [-0.2, -0.15) is 0 Å². The average molecular weight is 382 g/mol. The van der Waals surface area contributed by atoms with Gasteiger partial charge in [-0.25, -0.2) is 14.1 Å². The van der Waals surface area contributed by atoms with Gasteiger partial charge in [0.25, 0.3) is 5.91 Å². The van der Waals surface area contributed by atoms with E-state index in [0.717, 1.165) is 6.42 Å². The lowest BCUT2D eigenvalue weighted by Crippen LogP contribution is -2.29. The molecule has 0 aliphatic carbocycles. The monoisotopic (exact) mass is 382 g/mol. The second kappa shape index (κ2) is 7.71. The van der Waals surface area contributed by atoms with Gasteiger partial charge in [-0.05, 0) is 31.0 Å². The van der Waals surface area contributed by atoms with Crippen LogP contribution in [0.25, 0.3) is 0 Å². The van der Waals surface area contributed by atoms with E-state index in [1.54, 1.807) is 47.2 Å². The summed E-state index contributed by atoms with van der Waals surface area (Å²) >= 11 is 0. The Morgan fingerprint density at radius 2 is 2.25 bits per heavy atom. The highest BCUT2D eigenvalue weighted by molar-refractivity contribution is 5.94. The van der Waals surface area contributed by atoms with Crippen LogP contribution in [0.3, 0.4) is 0 Å². The zero-order chi connectivity index (χ0) is 19.5. The summed E-state index contributed by atoms with van der Waals surface area (Å²) in [7, 11) is 0. The van der Waals surface area contributed by atoms with E-state index in [4.69, 9.17) is 4.74 Å². The highest BCUT2D eigenvalue weighted by Gasteiger charge is 2.29. The fourth-order valence-corrected chi connectivity index (χ4v) is 3.12. The van der Waals surface area contributed by atoms with Crippen LogP contribution in [-0.4, -0.2) is 48.9 Å². The van der Waals surface area contributed by atoms with E-state index in [1.807, 2.05) is 0 Å². The van der Waals surface area contributed by atoms with Crippen molar-refractivity contribution in [3.8, 4) is 5.88 Å². The van der Waals surface area contributed by atoms with Crippen molar-refractivity contribution in [2.45, 2.75) is 26.0 Å².